The number of rotatable bonds is 2. The second-order valence-electron chi connectivity index (χ2n) is 4.92. The number of anilines is 1. The van der Waals surface area contributed by atoms with E-state index < -0.39 is 24.4 Å². The highest BCUT2D eigenvalue weighted by Gasteiger charge is 2.47. The summed E-state index contributed by atoms with van der Waals surface area (Å²) in [6, 6.07) is 1.41. The van der Waals surface area contributed by atoms with Crippen LogP contribution in [-0.4, -0.2) is 25.5 Å². The number of hydrogen-bond acceptors (Lipinski definition) is 4. The molecular formula is C13H16F3N3O. The van der Waals surface area contributed by atoms with Gasteiger partial charge in [0, 0.05) is 11.3 Å². The van der Waals surface area contributed by atoms with Crippen molar-refractivity contribution in [2.75, 3.05) is 18.9 Å². The molecule has 1 aliphatic rings. The van der Waals surface area contributed by atoms with Gasteiger partial charge >= 0.3 is 0 Å². The molecule has 7 heteroatoms. The maximum absolute atomic E-state index is 14.4. The first-order valence-electron chi connectivity index (χ1n) is 6.05. The summed E-state index contributed by atoms with van der Waals surface area (Å²) < 4.78 is 46.7. The van der Waals surface area contributed by atoms with Crippen LogP contribution in [0.3, 0.4) is 0 Å². The smallest absolute Gasteiger partial charge is 0.269 e. The second-order valence-corrected chi connectivity index (χ2v) is 4.92. The Morgan fingerprint density at radius 2 is 2.00 bits per heavy atom. The zero-order valence-electron chi connectivity index (χ0n) is 11.2. The van der Waals surface area contributed by atoms with E-state index in [-0.39, 0.29) is 34.8 Å². The molecule has 1 aliphatic heterocycles. The molecule has 4 N–H and O–H groups in total. The van der Waals surface area contributed by atoms with Crippen LogP contribution in [0.15, 0.2) is 11.1 Å². The molecule has 1 aromatic rings. The van der Waals surface area contributed by atoms with Gasteiger partial charge in [-0.2, -0.15) is 0 Å². The minimum Gasteiger partial charge on any atom is -0.398 e. The predicted octanol–water partition coefficient (Wildman–Crippen LogP) is 1.87. The zero-order chi connectivity index (χ0) is 15.1. The molecule has 1 heterocycles. The molecule has 1 atom stereocenters. The summed E-state index contributed by atoms with van der Waals surface area (Å²) in [6.45, 7) is 2.46. The maximum atomic E-state index is 14.4. The standard InChI is InChI=1S/C13H16F3N3O/c1-6-3-8(17)7(2)10(11(6)14)13(12(15)16)5-20-4-9(18)19-13/h3,12H,4-5,17H2,1-2H3,(H2,18,19)/t13-/m0/s1. The van der Waals surface area contributed by atoms with Gasteiger partial charge in [0.15, 0.2) is 5.54 Å². The second kappa shape index (κ2) is 4.97. The fourth-order valence-corrected chi connectivity index (χ4v) is 2.41. The van der Waals surface area contributed by atoms with Gasteiger partial charge in [0.1, 0.15) is 18.3 Å². The van der Waals surface area contributed by atoms with Gasteiger partial charge in [-0.3, -0.25) is 4.99 Å². The number of nitrogens with zero attached hydrogens (tertiary/aromatic N) is 1. The van der Waals surface area contributed by atoms with Crippen molar-refractivity contribution in [3.05, 3.63) is 28.6 Å². The van der Waals surface area contributed by atoms with Gasteiger partial charge in [0.2, 0.25) is 0 Å². The first kappa shape index (κ1) is 14.6. The van der Waals surface area contributed by atoms with E-state index in [1.807, 2.05) is 0 Å². The van der Waals surface area contributed by atoms with Gasteiger partial charge in [-0.25, -0.2) is 13.2 Å². The van der Waals surface area contributed by atoms with Crippen molar-refractivity contribution < 1.29 is 17.9 Å². The van der Waals surface area contributed by atoms with Crippen LogP contribution in [0.25, 0.3) is 0 Å². The van der Waals surface area contributed by atoms with Crippen LogP contribution >= 0.6 is 0 Å². The average molecular weight is 287 g/mol. The molecule has 4 nitrogen and oxygen atoms in total. The minimum atomic E-state index is -2.96. The van der Waals surface area contributed by atoms with E-state index in [9.17, 15) is 13.2 Å². The summed E-state index contributed by atoms with van der Waals surface area (Å²) in [5, 5.41) is 0. The first-order valence-corrected chi connectivity index (χ1v) is 6.05. The van der Waals surface area contributed by atoms with E-state index >= 15 is 0 Å². The Hall–Kier alpha value is -1.76. The minimum absolute atomic E-state index is 0.0452. The SMILES string of the molecule is Cc1cc(N)c(C)c([C@]2(C(F)F)COCC(N)=N2)c1F. The van der Waals surface area contributed by atoms with Crippen molar-refractivity contribution in [2.24, 2.45) is 10.7 Å². The van der Waals surface area contributed by atoms with Gasteiger partial charge in [0.25, 0.3) is 6.43 Å². The molecule has 0 aromatic heterocycles. The Bertz CT molecular complexity index is 548. The quantitative estimate of drug-likeness (QED) is 0.816. The summed E-state index contributed by atoms with van der Waals surface area (Å²) in [5.41, 5.74) is 9.52. The molecule has 0 unspecified atom stereocenters. The summed E-state index contributed by atoms with van der Waals surface area (Å²) in [5.74, 6) is -0.838. The monoisotopic (exact) mass is 287 g/mol. The lowest BCUT2D eigenvalue weighted by atomic mass is 9.85. The number of nitrogens with two attached hydrogens (primary N) is 2. The molecule has 2 rings (SSSR count). The topological polar surface area (TPSA) is 73.6 Å². The van der Waals surface area contributed by atoms with Crippen LogP contribution < -0.4 is 11.5 Å². The Labute approximate surface area is 114 Å². The fourth-order valence-electron chi connectivity index (χ4n) is 2.41. The molecule has 0 fully saturated rings. The number of benzene rings is 1. The number of halogens is 3. The van der Waals surface area contributed by atoms with E-state index in [2.05, 4.69) is 4.99 Å². The molecule has 20 heavy (non-hydrogen) atoms. The Morgan fingerprint density at radius 3 is 2.55 bits per heavy atom. The summed E-state index contributed by atoms with van der Waals surface area (Å²) >= 11 is 0. The van der Waals surface area contributed by atoms with Crippen LogP contribution in [0.4, 0.5) is 18.9 Å². The van der Waals surface area contributed by atoms with Gasteiger partial charge in [0.05, 0.1) is 6.61 Å². The Balaban J connectivity index is 2.78. The first-order chi connectivity index (χ1) is 9.29. The number of ether oxygens (including phenoxy) is 1. The molecule has 0 radical (unpaired) electrons. The molecule has 0 bridgehead atoms. The largest absolute Gasteiger partial charge is 0.398 e. The van der Waals surface area contributed by atoms with E-state index in [1.165, 1.54) is 19.9 Å². The van der Waals surface area contributed by atoms with Crippen molar-refractivity contribution in [1.29, 1.82) is 0 Å². The third kappa shape index (κ3) is 2.11. The van der Waals surface area contributed by atoms with Crippen molar-refractivity contribution in [3.8, 4) is 0 Å². The normalized spacial score (nSPS) is 23.0. The van der Waals surface area contributed by atoms with Crippen LogP contribution in [0.5, 0.6) is 0 Å². The van der Waals surface area contributed by atoms with Crippen LogP contribution in [0.2, 0.25) is 0 Å². The highest BCUT2D eigenvalue weighted by Crippen LogP contribution is 2.40. The lowest BCUT2D eigenvalue weighted by Gasteiger charge is -2.34. The maximum Gasteiger partial charge on any atom is 0.269 e. The lowest BCUT2D eigenvalue weighted by Crippen LogP contribution is -2.46. The van der Waals surface area contributed by atoms with Crippen molar-refractivity contribution in [1.82, 2.24) is 0 Å². The average Bonchev–Trinajstić information content (AvgIpc) is 2.36. The van der Waals surface area contributed by atoms with E-state index in [1.54, 1.807) is 0 Å². The third-order valence-electron chi connectivity index (χ3n) is 3.45. The number of amidine groups is 1. The summed E-state index contributed by atoms with van der Waals surface area (Å²) in [6.07, 6.45) is -2.96. The molecule has 110 valence electrons. The summed E-state index contributed by atoms with van der Waals surface area (Å²) in [4.78, 5) is 3.81. The van der Waals surface area contributed by atoms with Gasteiger partial charge in [-0.05, 0) is 31.0 Å². The number of nitrogen functional groups attached to an aromatic ring is 1. The number of alkyl halides is 2. The zero-order valence-corrected chi connectivity index (χ0v) is 11.2. The molecule has 0 saturated heterocycles. The van der Waals surface area contributed by atoms with Crippen molar-refractivity contribution >= 4 is 11.5 Å². The van der Waals surface area contributed by atoms with E-state index in [0.29, 0.717) is 0 Å². The highest BCUT2D eigenvalue weighted by atomic mass is 19.3. The van der Waals surface area contributed by atoms with Crippen LogP contribution in [-0.2, 0) is 10.3 Å². The summed E-state index contributed by atoms with van der Waals surface area (Å²) in [7, 11) is 0. The number of aliphatic imine (C=N–C) groups is 1. The van der Waals surface area contributed by atoms with Crippen molar-refractivity contribution in [2.45, 2.75) is 25.8 Å². The molecule has 0 saturated carbocycles. The van der Waals surface area contributed by atoms with Gasteiger partial charge in [-0.15, -0.1) is 0 Å². The fraction of sp³-hybridized carbons (Fsp3) is 0.462. The molecule has 1 aromatic carbocycles. The predicted molar refractivity (Wildman–Crippen MR) is 70.4 cm³/mol. The Kier molecular flexibility index (Phi) is 3.64. The van der Waals surface area contributed by atoms with Gasteiger partial charge < -0.3 is 16.2 Å². The number of hydrogen-bond donors (Lipinski definition) is 2. The lowest BCUT2D eigenvalue weighted by molar-refractivity contribution is -0.0149. The number of aryl methyl sites for hydroxylation is 1. The molecule has 0 aliphatic carbocycles. The van der Waals surface area contributed by atoms with Crippen LogP contribution in [0.1, 0.15) is 16.7 Å². The Morgan fingerprint density at radius 1 is 1.35 bits per heavy atom. The third-order valence-corrected chi connectivity index (χ3v) is 3.45. The van der Waals surface area contributed by atoms with E-state index in [4.69, 9.17) is 16.2 Å². The van der Waals surface area contributed by atoms with Gasteiger partial charge in [-0.1, -0.05) is 0 Å². The highest BCUT2D eigenvalue weighted by molar-refractivity contribution is 5.83. The van der Waals surface area contributed by atoms with E-state index in [0.717, 1.165) is 0 Å². The van der Waals surface area contributed by atoms with Crippen LogP contribution in [0, 0.1) is 19.7 Å². The molecule has 0 spiro atoms. The molecular weight excluding hydrogens is 271 g/mol. The van der Waals surface area contributed by atoms with Crippen molar-refractivity contribution in [3.63, 3.8) is 0 Å². The molecule has 0 amide bonds.